The summed E-state index contributed by atoms with van der Waals surface area (Å²) in [6, 6.07) is 25.2. The molecule has 3 aliphatic heterocycles. The summed E-state index contributed by atoms with van der Waals surface area (Å²) in [7, 11) is 0. The van der Waals surface area contributed by atoms with Gasteiger partial charge in [-0.25, -0.2) is 0 Å². The summed E-state index contributed by atoms with van der Waals surface area (Å²) in [4.78, 5) is 114. The maximum Gasteiger partial charge on any atom is 0.373 e. The Morgan fingerprint density at radius 2 is 1.11 bits per heavy atom. The lowest BCUT2D eigenvalue weighted by Crippen LogP contribution is -2.37. The number of thioether (sulfide) groups is 1. The first kappa shape index (κ1) is 53.9. The fourth-order valence-electron chi connectivity index (χ4n) is 7.39. The van der Waals surface area contributed by atoms with Crippen LogP contribution in [0.25, 0.3) is 17.7 Å². The topological polar surface area (TPSA) is 204 Å². The number of hydrogen-bond donors (Lipinski definition) is 0. The standard InChI is InChI=1S/C24H21ClN2O4S.C23H19ClN2O4S2.2CO2/c1-4-26-15(3)32-22(24(26)30)21-18-11-17(25)8-9-19(18)27(23(21)29)12-20(28)31-13-16-7-5-6-14(2)10-16;1-3-25-22(29)20(32-23(25)31)19-16-10-15(24)7-8-17(16)26(21(19)28)11-18(27)30-12-14-6-4-5-13(2)9-14;2*2-1-3/h5-11H,3-4,12-13H2,1-2H3;4-10H,3,11-12H2,1-2H3;;/b22-21-;20-19-;;. The summed E-state index contributed by atoms with van der Waals surface area (Å²) >= 11 is 19.9. The normalized spacial score (nSPS) is 15.1. The van der Waals surface area contributed by atoms with Crippen molar-refractivity contribution in [1.82, 2.24) is 9.47 Å². The summed E-state index contributed by atoms with van der Waals surface area (Å²) in [5.74, 6) is -2.30. The number of hydrogen-bond acceptors (Lipinski definition) is 15. The summed E-state index contributed by atoms with van der Waals surface area (Å²) in [6.07, 6.45) is 0.500. The van der Waals surface area contributed by atoms with Crippen molar-refractivity contribution in [1.29, 1.82) is 0 Å². The molecule has 1 fully saturated rings. The molecule has 360 valence electrons. The number of rotatable bonds is 10. The van der Waals surface area contributed by atoms with Crippen molar-refractivity contribution in [3.8, 4) is 0 Å². The van der Waals surface area contributed by atoms with E-state index < -0.39 is 23.8 Å². The fourth-order valence-corrected chi connectivity index (χ4v) is 10.2. The number of carbonyl (C=O) groups excluding carboxylic acids is 9. The van der Waals surface area contributed by atoms with Crippen LogP contribution in [0.2, 0.25) is 10.0 Å². The maximum atomic E-state index is 13.4. The monoisotopic (exact) mass is 1040 g/mol. The number of thiazole rings is 1. The number of fused-ring (bicyclic) bond motifs is 2. The van der Waals surface area contributed by atoms with Crippen LogP contribution in [0.1, 0.15) is 47.2 Å². The molecule has 0 radical (unpaired) electrons. The molecule has 70 heavy (non-hydrogen) atoms. The van der Waals surface area contributed by atoms with Gasteiger partial charge in [-0.1, -0.05) is 113 Å². The van der Waals surface area contributed by atoms with Gasteiger partial charge < -0.3 is 9.47 Å². The number of aromatic nitrogens is 1. The van der Waals surface area contributed by atoms with Crippen molar-refractivity contribution in [3.63, 3.8) is 0 Å². The Kier molecular flexibility index (Phi) is 18.8. The van der Waals surface area contributed by atoms with Crippen LogP contribution in [-0.4, -0.2) is 75.4 Å². The Hall–Kier alpha value is -7.08. The zero-order valence-electron chi connectivity index (χ0n) is 37.7. The number of halogens is 2. The van der Waals surface area contributed by atoms with Gasteiger partial charge in [-0.15, -0.1) is 11.3 Å². The highest BCUT2D eigenvalue weighted by Gasteiger charge is 2.42. The van der Waals surface area contributed by atoms with Gasteiger partial charge in [0.25, 0.3) is 23.3 Å². The van der Waals surface area contributed by atoms with Gasteiger partial charge in [-0.2, -0.15) is 19.2 Å². The van der Waals surface area contributed by atoms with Gasteiger partial charge >= 0.3 is 24.2 Å². The molecule has 1 aromatic heterocycles. The second-order valence-electron chi connectivity index (χ2n) is 14.9. The highest BCUT2D eigenvalue weighted by molar-refractivity contribution is 8.26. The van der Waals surface area contributed by atoms with E-state index in [1.54, 1.807) is 36.4 Å². The number of esters is 2. The third-order valence-electron chi connectivity index (χ3n) is 10.4. The van der Waals surface area contributed by atoms with Gasteiger partial charge in [0.1, 0.15) is 35.2 Å². The highest BCUT2D eigenvalue weighted by atomic mass is 35.5. The van der Waals surface area contributed by atoms with Crippen molar-refractivity contribution < 1.29 is 52.6 Å². The van der Waals surface area contributed by atoms with Gasteiger partial charge in [0.2, 0.25) is 0 Å². The number of carbonyl (C=O) groups is 5. The molecule has 3 aliphatic rings. The van der Waals surface area contributed by atoms with Crippen LogP contribution in [-0.2, 0) is 72.4 Å². The summed E-state index contributed by atoms with van der Waals surface area (Å²) < 4.78 is 13.6. The van der Waals surface area contributed by atoms with Crippen LogP contribution in [0.4, 0.5) is 11.4 Å². The van der Waals surface area contributed by atoms with E-state index in [0.717, 1.165) is 45.4 Å². The molecule has 0 unspecified atom stereocenters. The Bertz CT molecular complexity index is 3200. The highest BCUT2D eigenvalue weighted by Crippen LogP contribution is 2.45. The third kappa shape index (κ3) is 12.4. The minimum absolute atomic E-state index is 0.109. The molecule has 21 heteroatoms. The second-order valence-corrected chi connectivity index (χ2v) is 18.5. The van der Waals surface area contributed by atoms with Crippen molar-refractivity contribution in [2.45, 2.75) is 47.5 Å². The molecule has 5 aromatic rings. The third-order valence-corrected chi connectivity index (χ3v) is 13.3. The number of ether oxygens (including phenoxy) is 2. The molecule has 0 saturated carbocycles. The lowest BCUT2D eigenvalue weighted by molar-refractivity contribution is -0.193. The van der Waals surface area contributed by atoms with Crippen LogP contribution in [0.3, 0.4) is 0 Å². The number of thiocarbonyl (C=S) groups is 1. The van der Waals surface area contributed by atoms with Gasteiger partial charge in [-0.3, -0.25) is 48.0 Å². The van der Waals surface area contributed by atoms with Crippen molar-refractivity contribution in [2.75, 3.05) is 29.4 Å². The van der Waals surface area contributed by atoms with Crippen molar-refractivity contribution in [2.24, 2.45) is 0 Å². The quantitative estimate of drug-likeness (QED) is 0.0929. The smallest absolute Gasteiger partial charge is 0.373 e. The number of nitrogens with zero attached hydrogens (tertiary/aromatic N) is 4. The zero-order valence-corrected chi connectivity index (χ0v) is 41.7. The van der Waals surface area contributed by atoms with E-state index in [9.17, 15) is 28.8 Å². The molecular weight excluding hydrogens is 1000 g/mol. The summed E-state index contributed by atoms with van der Waals surface area (Å²) in [5.41, 5.74) is 6.08. The first-order valence-electron chi connectivity index (χ1n) is 20.8. The number of anilines is 2. The van der Waals surface area contributed by atoms with Crippen molar-refractivity contribution in [3.05, 3.63) is 153 Å². The molecule has 0 atom stereocenters. The van der Waals surface area contributed by atoms with Crippen LogP contribution >= 0.6 is 58.5 Å². The van der Waals surface area contributed by atoms with E-state index in [0.29, 0.717) is 59.2 Å². The minimum Gasteiger partial charge on any atom is -0.459 e. The molecule has 0 aliphatic carbocycles. The molecule has 0 bridgehead atoms. The molecular formula is C49H40Cl2N4O12S3. The number of amides is 3. The molecule has 4 heterocycles. The van der Waals surface area contributed by atoms with E-state index in [1.165, 1.54) is 19.3 Å². The Morgan fingerprint density at radius 1 is 0.657 bits per heavy atom. The van der Waals surface area contributed by atoms with Gasteiger partial charge in [0.05, 0.1) is 32.1 Å². The van der Waals surface area contributed by atoms with Crippen LogP contribution in [0.15, 0.2) is 94.6 Å². The first-order valence-corrected chi connectivity index (χ1v) is 23.6. The van der Waals surface area contributed by atoms with Crippen LogP contribution < -0.4 is 24.6 Å². The predicted octanol–water partition coefficient (Wildman–Crippen LogP) is 5.75. The largest absolute Gasteiger partial charge is 0.459 e. The fraction of sp³-hybridized carbons (Fsp3) is 0.204. The Morgan fingerprint density at radius 3 is 1.53 bits per heavy atom. The molecule has 0 N–H and O–H groups in total. The first-order chi connectivity index (χ1) is 33.4. The average molecular weight is 1040 g/mol. The number of likely N-dealkylation sites (N-methyl/N-ethyl adjacent to an activating group) is 1. The molecule has 4 aromatic carbocycles. The van der Waals surface area contributed by atoms with Gasteiger partial charge in [0, 0.05) is 34.3 Å². The Labute approximate surface area is 423 Å². The van der Waals surface area contributed by atoms with E-state index >= 15 is 0 Å². The van der Waals surface area contributed by atoms with Crippen LogP contribution in [0, 0.1) is 13.8 Å². The summed E-state index contributed by atoms with van der Waals surface area (Å²) in [5, 5.41) is 0.851. The molecule has 16 nitrogen and oxygen atoms in total. The maximum absolute atomic E-state index is 13.4. The summed E-state index contributed by atoms with van der Waals surface area (Å²) in [6.45, 7) is 12.0. The predicted molar refractivity (Wildman–Crippen MR) is 266 cm³/mol. The SMILES string of the molecule is C=c1s/c(=C2\C(=O)N(CC(=O)OCc3cccc(C)c3)c3ccc(Cl)cc32)c(=O)n1CC.CCN1C(=O)/C(=C2/C(=O)N(CC(=O)OCc3cccc(C)c3)c3ccc(Cl)cc32)SC1=S.O=C=O.O=C=O. The zero-order chi connectivity index (χ0) is 51.4. The minimum atomic E-state index is -0.553. The van der Waals surface area contributed by atoms with E-state index in [1.807, 2.05) is 76.2 Å². The molecule has 3 amide bonds. The van der Waals surface area contributed by atoms with E-state index in [2.05, 4.69) is 6.58 Å². The number of benzene rings is 4. The Balaban J connectivity index is 0.000000235. The molecule has 0 spiro atoms. The van der Waals surface area contributed by atoms with E-state index in [4.69, 9.17) is 64.1 Å². The van der Waals surface area contributed by atoms with E-state index in [-0.39, 0.29) is 66.1 Å². The average Bonchev–Trinajstić information content (AvgIpc) is 3.95. The molecule has 1 saturated heterocycles. The lowest BCUT2D eigenvalue weighted by atomic mass is 10.1. The van der Waals surface area contributed by atoms with Crippen LogP contribution in [0.5, 0.6) is 0 Å². The van der Waals surface area contributed by atoms with Crippen molar-refractivity contribution >= 4 is 134 Å². The number of aryl methyl sites for hydroxylation is 2. The lowest BCUT2D eigenvalue weighted by Gasteiger charge is -2.16. The van der Waals surface area contributed by atoms with Gasteiger partial charge in [0.15, 0.2) is 0 Å². The van der Waals surface area contributed by atoms with Gasteiger partial charge in [-0.05, 0) is 75.2 Å². The molecule has 8 rings (SSSR count). The second kappa shape index (κ2) is 24.5.